The molecule has 1 aromatic rings. The average Bonchev–Trinajstić information content (AvgIpc) is 2.40. The summed E-state index contributed by atoms with van der Waals surface area (Å²) in [6, 6.07) is 4.87. The van der Waals surface area contributed by atoms with Crippen LogP contribution in [0.15, 0.2) is 18.2 Å². The molecule has 0 fully saturated rings. The van der Waals surface area contributed by atoms with Crippen LogP contribution in [0.5, 0.6) is 0 Å². The van der Waals surface area contributed by atoms with Gasteiger partial charge in [0.1, 0.15) is 0 Å². The van der Waals surface area contributed by atoms with Crippen LogP contribution >= 0.6 is 11.6 Å². The molecule has 1 rings (SSSR count). The number of aliphatic hydroxyl groups is 1. The first-order chi connectivity index (χ1) is 9.17. The Balaban J connectivity index is 2.75. The van der Waals surface area contributed by atoms with Crippen LogP contribution in [0.25, 0.3) is 0 Å². The SMILES string of the molecule is CCCNC(=O)Nc1cc(C#CCCO)ccc1Cl. The molecule has 4 nitrogen and oxygen atoms in total. The normalized spacial score (nSPS) is 9.42. The molecular formula is C14H17ClN2O2. The van der Waals surface area contributed by atoms with Crippen molar-refractivity contribution in [3.05, 3.63) is 28.8 Å². The Morgan fingerprint density at radius 1 is 1.47 bits per heavy atom. The molecule has 0 aliphatic carbocycles. The van der Waals surface area contributed by atoms with Gasteiger partial charge in [0.25, 0.3) is 0 Å². The first-order valence-electron chi connectivity index (χ1n) is 6.11. The van der Waals surface area contributed by atoms with Gasteiger partial charge in [0.2, 0.25) is 0 Å². The topological polar surface area (TPSA) is 61.4 Å². The summed E-state index contributed by atoms with van der Waals surface area (Å²) < 4.78 is 0. The zero-order valence-electron chi connectivity index (χ0n) is 10.8. The third-order valence-electron chi connectivity index (χ3n) is 2.22. The molecule has 102 valence electrons. The molecule has 0 aliphatic rings. The molecule has 3 N–H and O–H groups in total. The maximum Gasteiger partial charge on any atom is 0.319 e. The summed E-state index contributed by atoms with van der Waals surface area (Å²) in [5.41, 5.74) is 1.26. The smallest absolute Gasteiger partial charge is 0.319 e. The van der Waals surface area contributed by atoms with Crippen LogP contribution in [0, 0.1) is 11.8 Å². The minimum atomic E-state index is -0.288. The fourth-order valence-electron chi connectivity index (χ4n) is 1.32. The van der Waals surface area contributed by atoms with Crippen LogP contribution < -0.4 is 10.6 Å². The van der Waals surface area contributed by atoms with E-state index in [1.54, 1.807) is 18.2 Å². The molecule has 0 radical (unpaired) electrons. The summed E-state index contributed by atoms with van der Waals surface area (Å²) in [6.07, 6.45) is 1.29. The van der Waals surface area contributed by atoms with Crippen molar-refractivity contribution in [3.63, 3.8) is 0 Å². The number of aliphatic hydroxyl groups excluding tert-OH is 1. The molecule has 5 heteroatoms. The van der Waals surface area contributed by atoms with Gasteiger partial charge in [-0.1, -0.05) is 30.4 Å². The second kappa shape index (κ2) is 8.41. The Morgan fingerprint density at radius 3 is 2.95 bits per heavy atom. The van der Waals surface area contributed by atoms with Crippen LogP contribution in [0.2, 0.25) is 5.02 Å². The van der Waals surface area contributed by atoms with E-state index in [0.717, 1.165) is 12.0 Å². The number of hydrogen-bond acceptors (Lipinski definition) is 2. The Labute approximate surface area is 118 Å². The highest BCUT2D eigenvalue weighted by Gasteiger charge is 2.05. The first kappa shape index (κ1) is 15.4. The van der Waals surface area contributed by atoms with Crippen molar-refractivity contribution in [1.29, 1.82) is 0 Å². The number of halogens is 1. The lowest BCUT2D eigenvalue weighted by atomic mass is 10.2. The molecule has 0 bridgehead atoms. The van der Waals surface area contributed by atoms with E-state index >= 15 is 0 Å². The molecular weight excluding hydrogens is 264 g/mol. The molecule has 0 aliphatic heterocycles. The van der Waals surface area contributed by atoms with Gasteiger partial charge >= 0.3 is 6.03 Å². The molecule has 0 aromatic heterocycles. The zero-order chi connectivity index (χ0) is 14.1. The van der Waals surface area contributed by atoms with E-state index in [9.17, 15) is 4.79 Å². The van der Waals surface area contributed by atoms with Gasteiger partial charge < -0.3 is 15.7 Å². The molecule has 2 amide bonds. The number of carbonyl (C=O) groups excluding carboxylic acids is 1. The molecule has 0 atom stereocenters. The standard InChI is InChI=1S/C14H17ClN2O2/c1-2-8-16-14(19)17-13-10-11(5-3-4-9-18)6-7-12(13)15/h6-7,10,18H,2,4,8-9H2,1H3,(H2,16,17,19). The van der Waals surface area contributed by atoms with E-state index in [1.807, 2.05) is 6.92 Å². The number of urea groups is 1. The van der Waals surface area contributed by atoms with Crippen molar-refractivity contribution >= 4 is 23.3 Å². The third-order valence-corrected chi connectivity index (χ3v) is 2.55. The fraction of sp³-hybridized carbons (Fsp3) is 0.357. The van der Waals surface area contributed by atoms with Crippen LogP contribution in [-0.4, -0.2) is 24.3 Å². The number of amides is 2. The lowest BCUT2D eigenvalue weighted by molar-refractivity contribution is 0.252. The molecule has 0 spiro atoms. The lowest BCUT2D eigenvalue weighted by Crippen LogP contribution is -2.29. The summed E-state index contributed by atoms with van der Waals surface area (Å²) in [7, 11) is 0. The predicted molar refractivity (Wildman–Crippen MR) is 77.3 cm³/mol. The summed E-state index contributed by atoms with van der Waals surface area (Å²) in [6.45, 7) is 2.62. The zero-order valence-corrected chi connectivity index (χ0v) is 11.5. The van der Waals surface area contributed by atoms with Crippen LogP contribution in [0.1, 0.15) is 25.3 Å². The number of carbonyl (C=O) groups is 1. The predicted octanol–water partition coefficient (Wildman–Crippen LogP) is 2.61. The van der Waals surface area contributed by atoms with Gasteiger partial charge in [0, 0.05) is 18.5 Å². The molecule has 0 unspecified atom stereocenters. The molecule has 1 aromatic carbocycles. The van der Waals surface area contributed by atoms with E-state index in [1.165, 1.54) is 0 Å². The average molecular weight is 281 g/mol. The summed E-state index contributed by atoms with van der Waals surface area (Å²) in [5, 5.41) is 14.5. The van der Waals surface area contributed by atoms with E-state index in [4.69, 9.17) is 16.7 Å². The van der Waals surface area contributed by atoms with Gasteiger partial charge in [-0.2, -0.15) is 0 Å². The van der Waals surface area contributed by atoms with Crippen molar-refractivity contribution < 1.29 is 9.90 Å². The first-order valence-corrected chi connectivity index (χ1v) is 6.49. The maximum atomic E-state index is 11.5. The fourth-order valence-corrected chi connectivity index (χ4v) is 1.49. The van der Waals surface area contributed by atoms with E-state index < -0.39 is 0 Å². The van der Waals surface area contributed by atoms with E-state index in [2.05, 4.69) is 22.5 Å². The van der Waals surface area contributed by atoms with E-state index in [-0.39, 0.29) is 12.6 Å². The number of anilines is 1. The van der Waals surface area contributed by atoms with Gasteiger partial charge in [0.15, 0.2) is 0 Å². The quantitative estimate of drug-likeness (QED) is 0.743. The van der Waals surface area contributed by atoms with Crippen molar-refractivity contribution in [2.45, 2.75) is 19.8 Å². The molecule has 0 saturated heterocycles. The monoisotopic (exact) mass is 280 g/mol. The molecule has 19 heavy (non-hydrogen) atoms. The lowest BCUT2D eigenvalue weighted by Gasteiger charge is -2.08. The summed E-state index contributed by atoms with van der Waals surface area (Å²) >= 11 is 6.00. The van der Waals surface area contributed by atoms with Crippen molar-refractivity contribution in [1.82, 2.24) is 5.32 Å². The minimum Gasteiger partial charge on any atom is -0.395 e. The van der Waals surface area contributed by atoms with E-state index in [0.29, 0.717) is 23.7 Å². The van der Waals surface area contributed by atoms with Gasteiger partial charge in [-0.15, -0.1) is 0 Å². The van der Waals surface area contributed by atoms with Crippen LogP contribution in [-0.2, 0) is 0 Å². The number of benzene rings is 1. The van der Waals surface area contributed by atoms with Gasteiger partial charge in [0.05, 0.1) is 17.3 Å². The van der Waals surface area contributed by atoms with Crippen LogP contribution in [0.3, 0.4) is 0 Å². The summed E-state index contributed by atoms with van der Waals surface area (Å²) in [5.74, 6) is 5.70. The minimum absolute atomic E-state index is 0.0329. The third kappa shape index (κ3) is 5.64. The Morgan fingerprint density at radius 2 is 2.26 bits per heavy atom. The highest BCUT2D eigenvalue weighted by molar-refractivity contribution is 6.33. The van der Waals surface area contributed by atoms with Crippen molar-refractivity contribution in [3.8, 4) is 11.8 Å². The Bertz CT molecular complexity index is 492. The summed E-state index contributed by atoms with van der Waals surface area (Å²) in [4.78, 5) is 11.5. The number of hydrogen-bond donors (Lipinski definition) is 3. The number of rotatable bonds is 4. The largest absolute Gasteiger partial charge is 0.395 e. The van der Waals surface area contributed by atoms with Gasteiger partial charge in [-0.05, 0) is 24.6 Å². The van der Waals surface area contributed by atoms with Crippen molar-refractivity contribution in [2.75, 3.05) is 18.5 Å². The Hall–Kier alpha value is -1.70. The van der Waals surface area contributed by atoms with Gasteiger partial charge in [-0.3, -0.25) is 0 Å². The van der Waals surface area contributed by atoms with Crippen molar-refractivity contribution in [2.24, 2.45) is 0 Å². The maximum absolute atomic E-state index is 11.5. The highest BCUT2D eigenvalue weighted by Crippen LogP contribution is 2.22. The highest BCUT2D eigenvalue weighted by atomic mass is 35.5. The van der Waals surface area contributed by atoms with Gasteiger partial charge in [-0.25, -0.2) is 4.79 Å². The van der Waals surface area contributed by atoms with Crippen LogP contribution in [0.4, 0.5) is 10.5 Å². The second-order valence-electron chi connectivity index (χ2n) is 3.85. The Kier molecular flexibility index (Phi) is 6.80. The second-order valence-corrected chi connectivity index (χ2v) is 4.26. The molecule has 0 saturated carbocycles. The molecule has 0 heterocycles. The number of nitrogens with one attached hydrogen (secondary N) is 2.